The van der Waals surface area contributed by atoms with Crippen LogP contribution in [0.2, 0.25) is 0 Å². The van der Waals surface area contributed by atoms with E-state index in [4.69, 9.17) is 0 Å². The van der Waals surface area contributed by atoms with Gasteiger partial charge in [0.2, 0.25) is 0 Å². The standard InChI is InChI=1S/C19H25N3O/c1-3-5-8-12-20-18-14-16(11-13-21-18)19(23)22-17-10-7-6-9-15(17)4-2/h6-7,9-11,13-14H,3-5,8,12H2,1-2H3,(H,20,21)(H,22,23). The van der Waals surface area contributed by atoms with Crippen LogP contribution in [0.5, 0.6) is 0 Å². The van der Waals surface area contributed by atoms with Crippen molar-refractivity contribution >= 4 is 17.4 Å². The third-order valence-electron chi connectivity index (χ3n) is 3.76. The first-order chi connectivity index (χ1) is 11.2. The minimum atomic E-state index is -0.107. The molecule has 0 fully saturated rings. The number of para-hydroxylation sites is 1. The molecule has 1 aromatic carbocycles. The second-order valence-electron chi connectivity index (χ2n) is 5.53. The number of unbranched alkanes of at least 4 members (excludes halogenated alkanes) is 2. The lowest BCUT2D eigenvalue weighted by molar-refractivity contribution is 0.102. The van der Waals surface area contributed by atoms with Gasteiger partial charge in [-0.15, -0.1) is 0 Å². The Morgan fingerprint density at radius 3 is 2.74 bits per heavy atom. The fraction of sp³-hybridized carbons (Fsp3) is 0.368. The normalized spacial score (nSPS) is 10.3. The van der Waals surface area contributed by atoms with E-state index in [1.165, 1.54) is 12.8 Å². The van der Waals surface area contributed by atoms with E-state index < -0.39 is 0 Å². The average Bonchev–Trinajstić information content (AvgIpc) is 2.59. The summed E-state index contributed by atoms with van der Waals surface area (Å²) in [5.41, 5.74) is 2.62. The highest BCUT2D eigenvalue weighted by Crippen LogP contribution is 2.17. The van der Waals surface area contributed by atoms with Gasteiger partial charge in [-0.2, -0.15) is 0 Å². The number of hydrogen-bond donors (Lipinski definition) is 2. The molecular weight excluding hydrogens is 286 g/mol. The molecule has 0 radical (unpaired) electrons. The van der Waals surface area contributed by atoms with Crippen molar-refractivity contribution in [1.29, 1.82) is 0 Å². The molecule has 2 N–H and O–H groups in total. The Morgan fingerprint density at radius 1 is 1.13 bits per heavy atom. The molecule has 0 bridgehead atoms. The summed E-state index contributed by atoms with van der Waals surface area (Å²) in [6.07, 6.45) is 6.05. The lowest BCUT2D eigenvalue weighted by atomic mass is 10.1. The van der Waals surface area contributed by atoms with E-state index in [0.29, 0.717) is 5.56 Å². The molecule has 0 aliphatic carbocycles. The van der Waals surface area contributed by atoms with Crippen molar-refractivity contribution in [1.82, 2.24) is 4.98 Å². The smallest absolute Gasteiger partial charge is 0.255 e. The zero-order valence-electron chi connectivity index (χ0n) is 13.9. The highest BCUT2D eigenvalue weighted by atomic mass is 16.1. The molecule has 1 heterocycles. The number of pyridine rings is 1. The highest BCUT2D eigenvalue weighted by Gasteiger charge is 2.09. The number of hydrogen-bond acceptors (Lipinski definition) is 3. The van der Waals surface area contributed by atoms with Crippen LogP contribution in [0.4, 0.5) is 11.5 Å². The summed E-state index contributed by atoms with van der Waals surface area (Å²) < 4.78 is 0. The number of benzene rings is 1. The lowest BCUT2D eigenvalue weighted by Crippen LogP contribution is -2.14. The molecule has 0 saturated heterocycles. The fourth-order valence-electron chi connectivity index (χ4n) is 2.40. The van der Waals surface area contributed by atoms with Crippen LogP contribution in [0, 0.1) is 0 Å². The molecule has 0 spiro atoms. The SMILES string of the molecule is CCCCCNc1cc(C(=O)Nc2ccccc2CC)ccn1. The first-order valence-electron chi connectivity index (χ1n) is 8.33. The van der Waals surface area contributed by atoms with E-state index in [2.05, 4.69) is 29.5 Å². The Balaban J connectivity index is 2.02. The van der Waals surface area contributed by atoms with Crippen LogP contribution in [0.3, 0.4) is 0 Å². The summed E-state index contributed by atoms with van der Waals surface area (Å²) in [4.78, 5) is 16.7. The number of carbonyl (C=O) groups is 1. The minimum Gasteiger partial charge on any atom is -0.370 e. The van der Waals surface area contributed by atoms with E-state index in [1.807, 2.05) is 24.3 Å². The number of anilines is 2. The lowest BCUT2D eigenvalue weighted by Gasteiger charge is -2.11. The van der Waals surface area contributed by atoms with Gasteiger partial charge in [0.25, 0.3) is 5.91 Å². The number of amides is 1. The number of nitrogens with one attached hydrogen (secondary N) is 2. The molecule has 4 nitrogen and oxygen atoms in total. The molecule has 4 heteroatoms. The van der Waals surface area contributed by atoms with Gasteiger partial charge in [-0.3, -0.25) is 4.79 Å². The van der Waals surface area contributed by atoms with Crippen molar-refractivity contribution in [2.75, 3.05) is 17.2 Å². The summed E-state index contributed by atoms with van der Waals surface area (Å²) >= 11 is 0. The number of carbonyl (C=O) groups excluding carboxylic acids is 1. The Hall–Kier alpha value is -2.36. The number of rotatable bonds is 8. The van der Waals surface area contributed by atoms with Crippen molar-refractivity contribution < 1.29 is 4.79 Å². The molecule has 1 amide bonds. The predicted octanol–water partition coefficient (Wildman–Crippen LogP) is 4.50. The Morgan fingerprint density at radius 2 is 1.96 bits per heavy atom. The minimum absolute atomic E-state index is 0.107. The molecule has 0 aliphatic rings. The Labute approximate surface area is 138 Å². The zero-order chi connectivity index (χ0) is 16.5. The third kappa shape index (κ3) is 5.09. The molecule has 1 aromatic heterocycles. The van der Waals surface area contributed by atoms with Crippen LogP contribution in [0.1, 0.15) is 49.0 Å². The van der Waals surface area contributed by atoms with Gasteiger partial charge in [-0.25, -0.2) is 4.98 Å². The Kier molecular flexibility index (Phi) is 6.60. The Bertz CT molecular complexity index is 640. The van der Waals surface area contributed by atoms with Crippen molar-refractivity contribution in [2.45, 2.75) is 39.5 Å². The molecule has 122 valence electrons. The number of aryl methyl sites for hydroxylation is 1. The van der Waals surface area contributed by atoms with Crippen molar-refractivity contribution in [3.05, 3.63) is 53.7 Å². The summed E-state index contributed by atoms with van der Waals surface area (Å²) in [6.45, 7) is 5.14. The maximum Gasteiger partial charge on any atom is 0.255 e. The van der Waals surface area contributed by atoms with Gasteiger partial charge in [0.05, 0.1) is 0 Å². The highest BCUT2D eigenvalue weighted by molar-refractivity contribution is 6.05. The first kappa shape index (κ1) is 17.0. The van der Waals surface area contributed by atoms with Gasteiger partial charge in [0.15, 0.2) is 0 Å². The first-order valence-corrected chi connectivity index (χ1v) is 8.33. The number of aromatic nitrogens is 1. The molecule has 0 unspecified atom stereocenters. The molecule has 0 atom stereocenters. The summed E-state index contributed by atoms with van der Waals surface area (Å²) in [6, 6.07) is 11.4. The molecule has 2 rings (SSSR count). The van der Waals surface area contributed by atoms with E-state index in [0.717, 1.165) is 36.5 Å². The molecule has 0 aliphatic heterocycles. The summed E-state index contributed by atoms with van der Waals surface area (Å²) in [5.74, 6) is 0.641. The van der Waals surface area contributed by atoms with E-state index >= 15 is 0 Å². The van der Waals surface area contributed by atoms with Gasteiger partial charge in [0, 0.05) is 24.0 Å². The van der Waals surface area contributed by atoms with E-state index in [-0.39, 0.29) is 5.91 Å². The summed E-state index contributed by atoms with van der Waals surface area (Å²) in [5, 5.41) is 6.26. The van der Waals surface area contributed by atoms with Gasteiger partial charge in [0.1, 0.15) is 5.82 Å². The maximum atomic E-state index is 12.4. The van der Waals surface area contributed by atoms with Gasteiger partial charge in [-0.05, 0) is 36.6 Å². The van der Waals surface area contributed by atoms with Crippen molar-refractivity contribution in [3.8, 4) is 0 Å². The van der Waals surface area contributed by atoms with E-state index in [9.17, 15) is 4.79 Å². The number of nitrogens with zero attached hydrogens (tertiary/aromatic N) is 1. The molecular formula is C19H25N3O. The van der Waals surface area contributed by atoms with Gasteiger partial charge in [-0.1, -0.05) is 44.9 Å². The van der Waals surface area contributed by atoms with Crippen LogP contribution in [-0.4, -0.2) is 17.4 Å². The van der Waals surface area contributed by atoms with Crippen LogP contribution in [-0.2, 0) is 6.42 Å². The molecule has 23 heavy (non-hydrogen) atoms. The third-order valence-corrected chi connectivity index (χ3v) is 3.76. The average molecular weight is 311 g/mol. The van der Waals surface area contributed by atoms with Gasteiger partial charge < -0.3 is 10.6 Å². The zero-order valence-corrected chi connectivity index (χ0v) is 13.9. The van der Waals surface area contributed by atoms with Crippen LogP contribution >= 0.6 is 0 Å². The van der Waals surface area contributed by atoms with Gasteiger partial charge >= 0.3 is 0 Å². The molecule has 0 saturated carbocycles. The van der Waals surface area contributed by atoms with Crippen molar-refractivity contribution in [3.63, 3.8) is 0 Å². The van der Waals surface area contributed by atoms with Crippen LogP contribution in [0.25, 0.3) is 0 Å². The second kappa shape index (κ2) is 8.93. The van der Waals surface area contributed by atoms with Crippen LogP contribution in [0.15, 0.2) is 42.6 Å². The monoisotopic (exact) mass is 311 g/mol. The second-order valence-corrected chi connectivity index (χ2v) is 5.53. The van der Waals surface area contributed by atoms with E-state index in [1.54, 1.807) is 18.3 Å². The summed E-state index contributed by atoms with van der Waals surface area (Å²) in [7, 11) is 0. The fourth-order valence-corrected chi connectivity index (χ4v) is 2.40. The predicted molar refractivity (Wildman–Crippen MR) is 96.0 cm³/mol. The molecule has 2 aromatic rings. The quantitative estimate of drug-likeness (QED) is 0.706. The topological polar surface area (TPSA) is 54.0 Å². The largest absolute Gasteiger partial charge is 0.370 e. The van der Waals surface area contributed by atoms with Crippen LogP contribution < -0.4 is 10.6 Å². The maximum absolute atomic E-state index is 12.4. The van der Waals surface area contributed by atoms with Crippen molar-refractivity contribution in [2.24, 2.45) is 0 Å².